The van der Waals surface area contributed by atoms with Gasteiger partial charge in [-0.1, -0.05) is 23.2 Å². The molecule has 3 rings (SSSR count). The van der Waals surface area contributed by atoms with Crippen LogP contribution >= 0.6 is 23.2 Å². The van der Waals surface area contributed by atoms with E-state index in [0.29, 0.717) is 33.6 Å². The second kappa shape index (κ2) is 10.1. The minimum Gasteiger partial charge on any atom is -0.506 e. The first kappa shape index (κ1) is 22.3. The van der Waals surface area contributed by atoms with Crippen molar-refractivity contribution in [3.05, 3.63) is 75.8 Å². The average molecular weight is 461 g/mol. The Kier molecular flexibility index (Phi) is 7.23. The van der Waals surface area contributed by atoms with Crippen molar-refractivity contribution in [2.24, 2.45) is 5.10 Å². The maximum Gasteiger partial charge on any atom is 0.271 e. The molecule has 7 nitrogen and oxygen atoms in total. The molecule has 0 aliphatic carbocycles. The molecule has 0 aliphatic heterocycles. The number of amides is 1. The summed E-state index contributed by atoms with van der Waals surface area (Å²) in [6.07, 6.45) is 1.43. The number of benzene rings is 3. The van der Waals surface area contributed by atoms with Gasteiger partial charge in [-0.05, 0) is 54.6 Å². The van der Waals surface area contributed by atoms with Gasteiger partial charge in [-0.2, -0.15) is 5.10 Å². The summed E-state index contributed by atoms with van der Waals surface area (Å²) < 4.78 is 16.8. The third kappa shape index (κ3) is 5.59. The molecule has 9 heteroatoms. The molecule has 0 bridgehead atoms. The first-order chi connectivity index (χ1) is 14.9. The van der Waals surface area contributed by atoms with Gasteiger partial charge in [-0.3, -0.25) is 4.79 Å². The maximum atomic E-state index is 12.2. The SMILES string of the molecule is COc1cc(/C=N/NC(=O)c2ccc(O)c(Cl)c2)cc(OC)c1Oc1ccc(Cl)cc1. The first-order valence-electron chi connectivity index (χ1n) is 8.92. The normalized spacial score (nSPS) is 10.7. The van der Waals surface area contributed by atoms with Gasteiger partial charge in [0.05, 0.1) is 25.5 Å². The smallest absolute Gasteiger partial charge is 0.271 e. The fourth-order valence-electron chi connectivity index (χ4n) is 2.57. The van der Waals surface area contributed by atoms with Crippen LogP contribution in [-0.2, 0) is 0 Å². The average Bonchev–Trinajstić information content (AvgIpc) is 2.77. The summed E-state index contributed by atoms with van der Waals surface area (Å²) in [5, 5.41) is 14.1. The number of nitrogens with one attached hydrogen (secondary N) is 1. The van der Waals surface area contributed by atoms with E-state index in [1.165, 1.54) is 38.6 Å². The van der Waals surface area contributed by atoms with Gasteiger partial charge in [0.2, 0.25) is 5.75 Å². The fourth-order valence-corrected chi connectivity index (χ4v) is 2.88. The molecular weight excluding hydrogens is 443 g/mol. The number of phenols is 1. The van der Waals surface area contributed by atoms with Gasteiger partial charge in [0.1, 0.15) is 11.5 Å². The Morgan fingerprint density at radius 2 is 1.65 bits per heavy atom. The van der Waals surface area contributed by atoms with Crippen molar-refractivity contribution >= 4 is 35.3 Å². The minimum absolute atomic E-state index is 0.0716. The molecule has 3 aromatic rings. The van der Waals surface area contributed by atoms with E-state index in [4.69, 9.17) is 37.4 Å². The molecule has 3 aromatic carbocycles. The van der Waals surface area contributed by atoms with E-state index in [1.54, 1.807) is 36.4 Å². The van der Waals surface area contributed by atoms with Crippen molar-refractivity contribution < 1.29 is 24.1 Å². The van der Waals surface area contributed by atoms with Crippen molar-refractivity contribution in [3.8, 4) is 28.7 Å². The molecule has 1 amide bonds. The quantitative estimate of drug-likeness (QED) is 0.370. The highest BCUT2D eigenvalue weighted by molar-refractivity contribution is 6.32. The lowest BCUT2D eigenvalue weighted by atomic mass is 10.2. The molecule has 0 fully saturated rings. The number of nitrogens with zero attached hydrogens (tertiary/aromatic N) is 1. The van der Waals surface area contributed by atoms with Gasteiger partial charge in [0.15, 0.2) is 11.5 Å². The Morgan fingerprint density at radius 1 is 1.00 bits per heavy atom. The number of carbonyl (C=O) groups excluding carboxylic acids is 1. The third-order valence-corrected chi connectivity index (χ3v) is 4.66. The summed E-state index contributed by atoms with van der Waals surface area (Å²) in [5.41, 5.74) is 3.24. The van der Waals surface area contributed by atoms with Crippen molar-refractivity contribution in [3.63, 3.8) is 0 Å². The Balaban J connectivity index is 1.79. The Morgan fingerprint density at radius 3 is 2.23 bits per heavy atom. The van der Waals surface area contributed by atoms with Gasteiger partial charge < -0.3 is 19.3 Å². The zero-order chi connectivity index (χ0) is 22.4. The predicted octanol–water partition coefficient (Wildman–Crippen LogP) is 5.27. The van der Waals surface area contributed by atoms with Crippen LogP contribution in [0.4, 0.5) is 0 Å². The fraction of sp³-hybridized carbons (Fsp3) is 0.0909. The molecule has 0 spiro atoms. The van der Waals surface area contributed by atoms with Crippen LogP contribution in [0.2, 0.25) is 10.0 Å². The standard InChI is InChI=1S/C22H18Cl2N2O5/c1-29-19-9-13(12-25-26-22(28)14-3-8-18(27)17(24)11-14)10-20(30-2)21(19)31-16-6-4-15(23)5-7-16/h3-12,27H,1-2H3,(H,26,28)/b25-12+. The van der Waals surface area contributed by atoms with Gasteiger partial charge in [0, 0.05) is 16.1 Å². The lowest BCUT2D eigenvalue weighted by Crippen LogP contribution is -2.17. The molecule has 0 saturated carbocycles. The molecule has 0 aromatic heterocycles. The molecule has 0 saturated heterocycles. The number of hydrazone groups is 1. The third-order valence-electron chi connectivity index (χ3n) is 4.11. The van der Waals surface area contributed by atoms with Crippen LogP contribution in [0, 0.1) is 0 Å². The highest BCUT2D eigenvalue weighted by atomic mass is 35.5. The van der Waals surface area contributed by atoms with E-state index in [9.17, 15) is 9.90 Å². The number of aromatic hydroxyl groups is 1. The summed E-state index contributed by atoms with van der Waals surface area (Å²) >= 11 is 11.7. The summed E-state index contributed by atoms with van der Waals surface area (Å²) in [5.74, 6) is 1.16. The highest BCUT2D eigenvalue weighted by Crippen LogP contribution is 2.41. The van der Waals surface area contributed by atoms with E-state index in [-0.39, 0.29) is 16.3 Å². The molecule has 160 valence electrons. The van der Waals surface area contributed by atoms with E-state index < -0.39 is 5.91 Å². The Hall–Kier alpha value is -3.42. The van der Waals surface area contributed by atoms with Gasteiger partial charge in [-0.15, -0.1) is 0 Å². The zero-order valence-corrected chi connectivity index (χ0v) is 18.1. The second-order valence-electron chi connectivity index (χ2n) is 6.18. The minimum atomic E-state index is -0.486. The van der Waals surface area contributed by atoms with Crippen LogP contribution in [0.3, 0.4) is 0 Å². The maximum absolute atomic E-state index is 12.2. The number of hydrogen-bond acceptors (Lipinski definition) is 6. The molecule has 0 heterocycles. The van der Waals surface area contributed by atoms with Crippen LogP contribution in [0.1, 0.15) is 15.9 Å². The summed E-state index contributed by atoms with van der Waals surface area (Å²) in [7, 11) is 3.00. The van der Waals surface area contributed by atoms with Gasteiger partial charge in [0.25, 0.3) is 5.91 Å². The van der Waals surface area contributed by atoms with E-state index in [0.717, 1.165) is 0 Å². The molecule has 2 N–H and O–H groups in total. The number of hydrogen-bond donors (Lipinski definition) is 2. The number of phenolic OH excluding ortho intramolecular Hbond substituents is 1. The van der Waals surface area contributed by atoms with E-state index in [1.807, 2.05) is 0 Å². The van der Waals surface area contributed by atoms with E-state index >= 15 is 0 Å². The van der Waals surface area contributed by atoms with Crippen LogP contribution < -0.4 is 19.6 Å². The summed E-state index contributed by atoms with van der Waals surface area (Å²) in [4.78, 5) is 12.2. The lowest BCUT2D eigenvalue weighted by Gasteiger charge is -2.15. The van der Waals surface area contributed by atoms with Crippen molar-refractivity contribution in [2.75, 3.05) is 14.2 Å². The van der Waals surface area contributed by atoms with Gasteiger partial charge in [-0.25, -0.2) is 5.43 Å². The van der Waals surface area contributed by atoms with Crippen LogP contribution in [-0.4, -0.2) is 31.4 Å². The molecule has 0 unspecified atom stereocenters. The van der Waals surface area contributed by atoms with Crippen molar-refractivity contribution in [1.29, 1.82) is 0 Å². The highest BCUT2D eigenvalue weighted by Gasteiger charge is 2.15. The number of rotatable bonds is 7. The predicted molar refractivity (Wildman–Crippen MR) is 119 cm³/mol. The summed E-state index contributed by atoms with van der Waals surface area (Å²) in [6, 6.07) is 14.3. The van der Waals surface area contributed by atoms with Crippen molar-refractivity contribution in [2.45, 2.75) is 0 Å². The number of carbonyl (C=O) groups is 1. The van der Waals surface area contributed by atoms with Crippen molar-refractivity contribution in [1.82, 2.24) is 5.43 Å². The molecule has 0 atom stereocenters. The summed E-state index contributed by atoms with van der Waals surface area (Å²) in [6.45, 7) is 0. The van der Waals surface area contributed by atoms with Crippen LogP contribution in [0.5, 0.6) is 28.7 Å². The van der Waals surface area contributed by atoms with Crippen LogP contribution in [0.25, 0.3) is 0 Å². The van der Waals surface area contributed by atoms with Crippen LogP contribution in [0.15, 0.2) is 59.7 Å². The van der Waals surface area contributed by atoms with E-state index in [2.05, 4.69) is 10.5 Å². The first-order valence-corrected chi connectivity index (χ1v) is 9.68. The lowest BCUT2D eigenvalue weighted by molar-refractivity contribution is 0.0955. The zero-order valence-electron chi connectivity index (χ0n) is 16.6. The number of halogens is 2. The Bertz CT molecular complexity index is 1090. The number of methoxy groups -OCH3 is 2. The monoisotopic (exact) mass is 460 g/mol. The Labute approximate surface area is 188 Å². The molecular formula is C22H18Cl2N2O5. The molecule has 0 aliphatic rings. The topological polar surface area (TPSA) is 89.4 Å². The second-order valence-corrected chi connectivity index (χ2v) is 7.02. The van der Waals surface area contributed by atoms with Gasteiger partial charge >= 0.3 is 0 Å². The largest absolute Gasteiger partial charge is 0.506 e. The number of ether oxygens (including phenoxy) is 3. The molecule has 31 heavy (non-hydrogen) atoms. The molecule has 0 radical (unpaired) electrons.